The van der Waals surface area contributed by atoms with Crippen LogP contribution in [0.2, 0.25) is 0 Å². The van der Waals surface area contributed by atoms with Crippen molar-refractivity contribution in [3.8, 4) is 17.2 Å². The van der Waals surface area contributed by atoms with Crippen LogP contribution in [-0.4, -0.2) is 61.3 Å². The summed E-state index contributed by atoms with van der Waals surface area (Å²) >= 11 is 0. The van der Waals surface area contributed by atoms with E-state index in [0.29, 0.717) is 29.5 Å². The highest BCUT2D eigenvalue weighted by Gasteiger charge is 2.47. The summed E-state index contributed by atoms with van der Waals surface area (Å²) in [6.45, 7) is 5.60. The van der Waals surface area contributed by atoms with Crippen molar-refractivity contribution in [3.63, 3.8) is 0 Å². The number of aliphatic carboxylic acids is 1. The maximum absolute atomic E-state index is 12.4. The van der Waals surface area contributed by atoms with Gasteiger partial charge in [-0.3, -0.25) is 0 Å². The lowest BCUT2D eigenvalue weighted by Crippen LogP contribution is -2.35. The van der Waals surface area contributed by atoms with E-state index < -0.39 is 5.97 Å². The molecular formula is C27H34N2O5. The summed E-state index contributed by atoms with van der Waals surface area (Å²) in [5.41, 5.74) is 3.19. The molecule has 1 aromatic carbocycles. The lowest BCUT2D eigenvalue weighted by Gasteiger charge is -2.37. The smallest absolute Gasteiger partial charge is 0.352 e. The van der Waals surface area contributed by atoms with Gasteiger partial charge in [0.1, 0.15) is 5.70 Å². The number of fused-ring (bicyclic) bond motifs is 3. The number of hydrogen-bond donors (Lipinski definition) is 1. The molecule has 1 saturated heterocycles. The monoisotopic (exact) mass is 466 g/mol. The summed E-state index contributed by atoms with van der Waals surface area (Å²) in [4.78, 5) is 16.8. The number of carboxylic acids is 1. The van der Waals surface area contributed by atoms with E-state index in [1.807, 2.05) is 30.0 Å². The average molecular weight is 467 g/mol. The molecule has 0 bridgehead atoms. The Hall–Kier alpha value is -3.35. The van der Waals surface area contributed by atoms with Gasteiger partial charge >= 0.3 is 5.97 Å². The van der Waals surface area contributed by atoms with Crippen LogP contribution in [0.15, 0.2) is 53.9 Å². The summed E-state index contributed by atoms with van der Waals surface area (Å²) in [5.74, 6) is 0.814. The number of rotatable bonds is 9. The summed E-state index contributed by atoms with van der Waals surface area (Å²) in [6, 6.07) is 4.02. The Morgan fingerprint density at radius 2 is 1.71 bits per heavy atom. The molecule has 1 fully saturated rings. The van der Waals surface area contributed by atoms with Gasteiger partial charge in [0, 0.05) is 36.2 Å². The predicted octanol–water partition coefficient (Wildman–Crippen LogP) is 4.53. The summed E-state index contributed by atoms with van der Waals surface area (Å²) in [6.07, 6.45) is 12.7. The van der Waals surface area contributed by atoms with Gasteiger partial charge in [-0.2, -0.15) is 0 Å². The van der Waals surface area contributed by atoms with Crippen molar-refractivity contribution in [2.24, 2.45) is 11.8 Å². The number of hydrogen-bond acceptors (Lipinski definition) is 6. The van der Waals surface area contributed by atoms with Crippen LogP contribution in [0.4, 0.5) is 0 Å². The Balaban J connectivity index is 2.01. The second-order valence-electron chi connectivity index (χ2n) is 8.66. The van der Waals surface area contributed by atoms with E-state index in [1.54, 1.807) is 21.3 Å². The van der Waals surface area contributed by atoms with Crippen LogP contribution in [0.25, 0.3) is 5.70 Å². The first-order chi connectivity index (χ1) is 16.5. The number of likely N-dealkylation sites (N-methyl/N-ethyl adjacent to an activating group) is 1. The van der Waals surface area contributed by atoms with Gasteiger partial charge < -0.3 is 29.1 Å². The lowest BCUT2D eigenvalue weighted by atomic mass is 9.83. The highest BCUT2D eigenvalue weighted by molar-refractivity contribution is 5.91. The summed E-state index contributed by atoms with van der Waals surface area (Å²) in [5, 5.41) is 10.2. The maximum Gasteiger partial charge on any atom is 0.352 e. The first-order valence-corrected chi connectivity index (χ1v) is 11.9. The molecule has 182 valence electrons. The molecule has 1 aromatic rings. The lowest BCUT2D eigenvalue weighted by molar-refractivity contribution is -0.134. The highest BCUT2D eigenvalue weighted by Crippen LogP contribution is 2.51. The van der Waals surface area contributed by atoms with Crippen LogP contribution in [-0.2, 0) is 4.79 Å². The van der Waals surface area contributed by atoms with Crippen LogP contribution in [0.1, 0.15) is 32.3 Å². The molecule has 0 spiro atoms. The minimum Gasteiger partial charge on any atom is -0.493 e. The highest BCUT2D eigenvalue weighted by atomic mass is 16.5. The molecule has 0 saturated carbocycles. The molecule has 1 aliphatic carbocycles. The van der Waals surface area contributed by atoms with E-state index in [-0.39, 0.29) is 17.9 Å². The zero-order chi connectivity index (χ0) is 24.4. The fraction of sp³-hybridized carbons (Fsp3) is 0.444. The first kappa shape index (κ1) is 23.8. The number of carbonyl (C=O) groups is 1. The van der Waals surface area contributed by atoms with Crippen LogP contribution >= 0.6 is 0 Å². The van der Waals surface area contributed by atoms with E-state index in [0.717, 1.165) is 36.3 Å². The molecular weight excluding hydrogens is 432 g/mol. The molecule has 3 atom stereocenters. The van der Waals surface area contributed by atoms with E-state index >= 15 is 0 Å². The van der Waals surface area contributed by atoms with Crippen molar-refractivity contribution >= 4 is 11.7 Å². The van der Waals surface area contributed by atoms with Crippen molar-refractivity contribution in [3.05, 3.63) is 59.5 Å². The molecule has 0 amide bonds. The third kappa shape index (κ3) is 3.83. The van der Waals surface area contributed by atoms with Crippen molar-refractivity contribution in [1.82, 2.24) is 9.80 Å². The Morgan fingerprint density at radius 1 is 1.03 bits per heavy atom. The van der Waals surface area contributed by atoms with Gasteiger partial charge in [-0.15, -0.1) is 0 Å². The predicted molar refractivity (Wildman–Crippen MR) is 132 cm³/mol. The van der Waals surface area contributed by atoms with Gasteiger partial charge in [0.25, 0.3) is 0 Å². The number of likely N-dealkylation sites (tertiary alicyclic amines) is 1. The first-order valence-electron chi connectivity index (χ1n) is 11.9. The largest absolute Gasteiger partial charge is 0.493 e. The standard InChI is InChI=1S/C27H34N2O5/c1-6-8-13-29-20-12-10-9-11-18(20)19-16-21(27(30)31)28(7-2)24(25(19)29)17-14-22(32-3)26(34-5)23(15-17)33-4/h9-12,14-16,18-20H,6-8,13H2,1-5H3,(H,30,31). The average Bonchev–Trinajstić information content (AvgIpc) is 3.18. The zero-order valence-corrected chi connectivity index (χ0v) is 20.6. The van der Waals surface area contributed by atoms with Crippen LogP contribution in [0.3, 0.4) is 0 Å². The Labute approximate surface area is 201 Å². The summed E-state index contributed by atoms with van der Waals surface area (Å²) < 4.78 is 16.8. The molecule has 0 radical (unpaired) electrons. The van der Waals surface area contributed by atoms with Gasteiger partial charge in [0.2, 0.25) is 5.75 Å². The van der Waals surface area contributed by atoms with Gasteiger partial charge in [-0.1, -0.05) is 37.6 Å². The van der Waals surface area contributed by atoms with Gasteiger partial charge in [-0.25, -0.2) is 4.79 Å². The van der Waals surface area contributed by atoms with Crippen molar-refractivity contribution in [2.45, 2.75) is 32.7 Å². The molecule has 3 aliphatic rings. The van der Waals surface area contributed by atoms with Crippen LogP contribution in [0.5, 0.6) is 17.2 Å². The number of nitrogens with zero attached hydrogens (tertiary/aromatic N) is 2. The van der Waals surface area contributed by atoms with E-state index in [1.165, 1.54) is 0 Å². The summed E-state index contributed by atoms with van der Waals surface area (Å²) in [7, 11) is 4.76. The quantitative estimate of drug-likeness (QED) is 0.573. The van der Waals surface area contributed by atoms with Gasteiger partial charge in [0.15, 0.2) is 11.5 Å². The zero-order valence-electron chi connectivity index (χ0n) is 20.6. The van der Waals surface area contributed by atoms with E-state index in [4.69, 9.17) is 14.2 Å². The molecule has 4 rings (SSSR count). The topological polar surface area (TPSA) is 71.5 Å². The minimum atomic E-state index is -0.926. The molecule has 3 unspecified atom stereocenters. The Bertz CT molecular complexity index is 1050. The third-order valence-corrected chi connectivity index (χ3v) is 6.91. The molecule has 1 N–H and O–H groups in total. The number of unbranched alkanes of at least 4 members (excludes halogenated alkanes) is 1. The van der Waals surface area contributed by atoms with Crippen molar-refractivity contribution in [2.75, 3.05) is 34.4 Å². The van der Waals surface area contributed by atoms with Crippen LogP contribution in [0, 0.1) is 11.8 Å². The Morgan fingerprint density at radius 3 is 2.26 bits per heavy atom. The molecule has 7 heteroatoms. The minimum absolute atomic E-state index is 0.0361. The molecule has 0 aromatic heterocycles. The molecule has 2 heterocycles. The second-order valence-corrected chi connectivity index (χ2v) is 8.66. The van der Waals surface area contributed by atoms with Crippen molar-refractivity contribution < 1.29 is 24.1 Å². The SMILES string of the molecule is CCCCN1C2=C(c3cc(OC)c(OC)c(OC)c3)N(CC)C(C(=O)O)=CC2C2C=CC=CC21. The fourth-order valence-electron chi connectivity index (χ4n) is 5.43. The fourth-order valence-corrected chi connectivity index (χ4v) is 5.43. The second kappa shape index (κ2) is 9.87. The van der Waals surface area contributed by atoms with E-state index in [2.05, 4.69) is 36.1 Å². The number of methoxy groups -OCH3 is 3. The number of allylic oxidation sites excluding steroid dienone is 3. The van der Waals surface area contributed by atoms with Crippen molar-refractivity contribution in [1.29, 1.82) is 0 Å². The Kier molecular flexibility index (Phi) is 6.91. The molecule has 7 nitrogen and oxygen atoms in total. The molecule has 2 aliphatic heterocycles. The van der Waals surface area contributed by atoms with Gasteiger partial charge in [-0.05, 0) is 31.6 Å². The third-order valence-electron chi connectivity index (χ3n) is 6.91. The number of benzene rings is 1. The van der Waals surface area contributed by atoms with Crippen LogP contribution < -0.4 is 14.2 Å². The number of carboxylic acid groups (broad SMARTS) is 1. The maximum atomic E-state index is 12.4. The number of ether oxygens (including phenoxy) is 3. The molecule has 34 heavy (non-hydrogen) atoms. The normalized spacial score (nSPS) is 23.0. The van der Waals surface area contributed by atoms with E-state index in [9.17, 15) is 9.90 Å². The van der Waals surface area contributed by atoms with Gasteiger partial charge in [0.05, 0.1) is 33.1 Å².